The summed E-state index contributed by atoms with van der Waals surface area (Å²) < 4.78 is 11.9. The molecule has 4 atom stereocenters. The van der Waals surface area contributed by atoms with E-state index in [0.717, 1.165) is 26.2 Å². The summed E-state index contributed by atoms with van der Waals surface area (Å²) in [4.78, 5) is 2.50. The molecule has 0 amide bonds. The van der Waals surface area contributed by atoms with E-state index >= 15 is 0 Å². The predicted molar refractivity (Wildman–Crippen MR) is 77.5 cm³/mol. The molecule has 4 heteroatoms. The molecule has 0 aromatic carbocycles. The second-order valence-electron chi connectivity index (χ2n) is 6.50. The van der Waals surface area contributed by atoms with Crippen LogP contribution in [0.2, 0.25) is 0 Å². The molecule has 19 heavy (non-hydrogen) atoms. The maximum Gasteiger partial charge on any atom is 0.0707 e. The van der Waals surface area contributed by atoms with Crippen molar-refractivity contribution in [3.05, 3.63) is 0 Å². The van der Waals surface area contributed by atoms with Gasteiger partial charge in [0.2, 0.25) is 0 Å². The molecule has 0 radical (unpaired) electrons. The highest BCUT2D eigenvalue weighted by atomic mass is 16.5. The van der Waals surface area contributed by atoms with Crippen molar-refractivity contribution in [3.63, 3.8) is 0 Å². The van der Waals surface area contributed by atoms with Crippen LogP contribution in [0.1, 0.15) is 40.5 Å². The van der Waals surface area contributed by atoms with Crippen molar-refractivity contribution in [1.82, 2.24) is 10.2 Å². The normalized spacial score (nSPS) is 37.1. The second-order valence-corrected chi connectivity index (χ2v) is 6.50. The van der Waals surface area contributed by atoms with Crippen LogP contribution in [0.4, 0.5) is 0 Å². The van der Waals surface area contributed by atoms with E-state index in [1.165, 1.54) is 12.8 Å². The van der Waals surface area contributed by atoms with Crippen LogP contribution >= 0.6 is 0 Å². The van der Waals surface area contributed by atoms with Crippen LogP contribution in [-0.2, 0) is 9.47 Å². The molecular weight excluding hydrogens is 240 g/mol. The van der Waals surface area contributed by atoms with E-state index < -0.39 is 0 Å². The fourth-order valence-corrected chi connectivity index (χ4v) is 3.15. The Morgan fingerprint density at radius 2 is 1.68 bits per heavy atom. The summed E-state index contributed by atoms with van der Waals surface area (Å²) in [5, 5.41) is 3.47. The Morgan fingerprint density at radius 1 is 1.05 bits per heavy atom. The van der Waals surface area contributed by atoms with Crippen LogP contribution in [0.15, 0.2) is 0 Å². The summed E-state index contributed by atoms with van der Waals surface area (Å²) in [6, 6.07) is 0.545. The number of hydrogen-bond donors (Lipinski definition) is 1. The first-order chi connectivity index (χ1) is 9.02. The first-order valence-electron chi connectivity index (χ1n) is 7.79. The molecule has 0 aromatic rings. The number of nitrogens with one attached hydrogen (secondary N) is 1. The molecule has 1 N–H and O–H groups in total. The summed E-state index contributed by atoms with van der Waals surface area (Å²) in [5.41, 5.74) is 0. The van der Waals surface area contributed by atoms with Gasteiger partial charge in [0.15, 0.2) is 0 Å². The van der Waals surface area contributed by atoms with Crippen LogP contribution < -0.4 is 5.32 Å². The van der Waals surface area contributed by atoms with Crippen molar-refractivity contribution in [2.24, 2.45) is 0 Å². The van der Waals surface area contributed by atoms with Crippen LogP contribution in [0.3, 0.4) is 0 Å². The van der Waals surface area contributed by atoms with Gasteiger partial charge in [-0.25, -0.2) is 0 Å². The quantitative estimate of drug-likeness (QED) is 0.823. The number of hydrogen-bond acceptors (Lipinski definition) is 4. The molecule has 4 nitrogen and oxygen atoms in total. The van der Waals surface area contributed by atoms with E-state index in [4.69, 9.17) is 9.47 Å². The van der Waals surface area contributed by atoms with Gasteiger partial charge in [0.1, 0.15) is 0 Å². The molecule has 2 aliphatic heterocycles. The molecule has 2 heterocycles. The Labute approximate surface area is 117 Å². The Morgan fingerprint density at radius 3 is 2.32 bits per heavy atom. The van der Waals surface area contributed by atoms with Crippen LogP contribution in [0, 0.1) is 0 Å². The van der Waals surface area contributed by atoms with Crippen molar-refractivity contribution in [1.29, 1.82) is 0 Å². The molecule has 112 valence electrons. The monoisotopic (exact) mass is 270 g/mol. The van der Waals surface area contributed by atoms with E-state index in [1.54, 1.807) is 0 Å². The average Bonchev–Trinajstić information content (AvgIpc) is 2.72. The van der Waals surface area contributed by atoms with Crippen molar-refractivity contribution in [3.8, 4) is 0 Å². The van der Waals surface area contributed by atoms with Crippen LogP contribution in [-0.4, -0.2) is 61.5 Å². The fraction of sp³-hybridized carbons (Fsp3) is 1.00. The second kappa shape index (κ2) is 7.02. The molecule has 4 unspecified atom stereocenters. The van der Waals surface area contributed by atoms with Crippen molar-refractivity contribution >= 4 is 0 Å². The zero-order valence-corrected chi connectivity index (χ0v) is 12.9. The van der Waals surface area contributed by atoms with Crippen LogP contribution in [0.5, 0.6) is 0 Å². The average molecular weight is 270 g/mol. The molecule has 2 saturated heterocycles. The standard InChI is InChI=1S/C15H30N2O2/c1-11(2)16-7-14-5-6-15(19-14)10-17-8-12(3)18-13(4)9-17/h11-16H,5-10H2,1-4H3. The number of morpholine rings is 1. The Bertz CT molecular complexity index is 263. The van der Waals surface area contributed by atoms with Gasteiger partial charge in [-0.1, -0.05) is 13.8 Å². The molecule has 0 aliphatic carbocycles. The lowest BCUT2D eigenvalue weighted by Gasteiger charge is -2.36. The van der Waals surface area contributed by atoms with Gasteiger partial charge in [-0.2, -0.15) is 0 Å². The first kappa shape index (κ1) is 15.2. The highest BCUT2D eigenvalue weighted by Crippen LogP contribution is 2.21. The molecule has 2 fully saturated rings. The summed E-state index contributed by atoms with van der Waals surface area (Å²) >= 11 is 0. The number of nitrogens with zero attached hydrogens (tertiary/aromatic N) is 1. The zero-order chi connectivity index (χ0) is 13.8. The van der Waals surface area contributed by atoms with Gasteiger partial charge in [0, 0.05) is 32.2 Å². The molecule has 0 spiro atoms. The van der Waals surface area contributed by atoms with Crippen molar-refractivity contribution in [2.75, 3.05) is 26.2 Å². The van der Waals surface area contributed by atoms with Gasteiger partial charge in [-0.15, -0.1) is 0 Å². The van der Waals surface area contributed by atoms with Crippen molar-refractivity contribution < 1.29 is 9.47 Å². The lowest BCUT2D eigenvalue weighted by atomic mass is 10.1. The van der Waals surface area contributed by atoms with Gasteiger partial charge >= 0.3 is 0 Å². The minimum absolute atomic E-state index is 0.351. The predicted octanol–water partition coefficient (Wildman–Crippen LogP) is 1.64. The van der Waals surface area contributed by atoms with Crippen LogP contribution in [0.25, 0.3) is 0 Å². The molecule has 0 aromatic heterocycles. The number of rotatable bonds is 5. The van der Waals surface area contributed by atoms with Gasteiger partial charge in [0.05, 0.1) is 24.4 Å². The maximum absolute atomic E-state index is 6.14. The fourth-order valence-electron chi connectivity index (χ4n) is 3.15. The minimum Gasteiger partial charge on any atom is -0.373 e. The van der Waals surface area contributed by atoms with E-state index in [0.29, 0.717) is 30.5 Å². The maximum atomic E-state index is 6.14. The topological polar surface area (TPSA) is 33.7 Å². The smallest absolute Gasteiger partial charge is 0.0707 e. The Kier molecular flexibility index (Phi) is 5.63. The van der Waals surface area contributed by atoms with E-state index in [9.17, 15) is 0 Å². The number of ether oxygens (including phenoxy) is 2. The lowest BCUT2D eigenvalue weighted by molar-refractivity contribution is -0.0812. The highest BCUT2D eigenvalue weighted by Gasteiger charge is 2.29. The molecule has 2 rings (SSSR count). The molecule has 0 bridgehead atoms. The SMILES string of the molecule is CC(C)NCC1CCC(CN2CC(C)OC(C)C2)O1. The van der Waals surface area contributed by atoms with E-state index in [1.807, 2.05) is 0 Å². The Hall–Kier alpha value is -0.160. The summed E-state index contributed by atoms with van der Waals surface area (Å²) in [6.07, 6.45) is 3.91. The van der Waals surface area contributed by atoms with Gasteiger partial charge in [0.25, 0.3) is 0 Å². The molecular formula is C15H30N2O2. The van der Waals surface area contributed by atoms with Gasteiger partial charge < -0.3 is 14.8 Å². The van der Waals surface area contributed by atoms with Gasteiger partial charge in [-0.05, 0) is 26.7 Å². The summed E-state index contributed by atoms with van der Waals surface area (Å²) in [6.45, 7) is 12.8. The Balaban J connectivity index is 1.69. The first-order valence-corrected chi connectivity index (χ1v) is 7.79. The van der Waals surface area contributed by atoms with E-state index in [2.05, 4.69) is 37.9 Å². The van der Waals surface area contributed by atoms with Gasteiger partial charge in [-0.3, -0.25) is 4.90 Å². The van der Waals surface area contributed by atoms with E-state index in [-0.39, 0.29) is 0 Å². The molecule has 0 saturated carbocycles. The summed E-state index contributed by atoms with van der Waals surface area (Å²) in [5.74, 6) is 0. The minimum atomic E-state index is 0.351. The largest absolute Gasteiger partial charge is 0.373 e. The lowest BCUT2D eigenvalue weighted by Crippen LogP contribution is -2.48. The molecule has 2 aliphatic rings. The zero-order valence-electron chi connectivity index (χ0n) is 12.9. The third-order valence-electron chi connectivity index (χ3n) is 3.91. The third kappa shape index (κ3) is 5.03. The summed E-state index contributed by atoms with van der Waals surface area (Å²) in [7, 11) is 0. The highest BCUT2D eigenvalue weighted by molar-refractivity contribution is 4.81. The van der Waals surface area contributed by atoms with Crippen molar-refractivity contribution in [2.45, 2.75) is 71.0 Å². The third-order valence-corrected chi connectivity index (χ3v) is 3.91.